The highest BCUT2D eigenvalue weighted by Gasteiger charge is 2.54. The second kappa shape index (κ2) is 9.63. The van der Waals surface area contributed by atoms with Gasteiger partial charge in [0.05, 0.1) is 11.7 Å². The fourth-order valence-corrected chi connectivity index (χ4v) is 6.17. The summed E-state index contributed by atoms with van der Waals surface area (Å²) in [5.74, 6) is -0.137. The summed E-state index contributed by atoms with van der Waals surface area (Å²) in [6.45, 7) is 11.8. The molecule has 0 aliphatic heterocycles. The number of rotatable bonds is 6. The van der Waals surface area contributed by atoms with Crippen LogP contribution < -0.4 is 5.32 Å². The molecule has 2 aliphatic rings. The SMILES string of the molecule is CCN(CC)C(=O)[C@@H](C)[C@@H]1CC[C@]2(C)CC[C@H](NC(=O)c3cncnc3)[C@@H](C)[C@@H]2[C@H]1O. The number of aliphatic hydroxyl groups is 1. The highest BCUT2D eigenvalue weighted by molar-refractivity contribution is 5.93. The van der Waals surface area contributed by atoms with Gasteiger partial charge in [-0.2, -0.15) is 0 Å². The first kappa shape index (κ1) is 23.6. The van der Waals surface area contributed by atoms with E-state index in [2.05, 4.69) is 29.1 Å². The molecule has 0 spiro atoms. The second-order valence-corrected chi connectivity index (χ2v) is 9.78. The molecule has 1 heterocycles. The van der Waals surface area contributed by atoms with Crippen LogP contribution in [0.3, 0.4) is 0 Å². The predicted molar refractivity (Wildman–Crippen MR) is 119 cm³/mol. The first-order chi connectivity index (χ1) is 14.7. The van der Waals surface area contributed by atoms with Crippen molar-refractivity contribution in [3.8, 4) is 0 Å². The number of nitrogens with zero attached hydrogens (tertiary/aromatic N) is 3. The summed E-state index contributed by atoms with van der Waals surface area (Å²) >= 11 is 0. The zero-order chi connectivity index (χ0) is 22.8. The van der Waals surface area contributed by atoms with Gasteiger partial charge >= 0.3 is 0 Å². The normalized spacial score (nSPS) is 33.8. The lowest BCUT2D eigenvalue weighted by atomic mass is 9.51. The number of carbonyl (C=O) groups is 2. The quantitative estimate of drug-likeness (QED) is 0.724. The van der Waals surface area contributed by atoms with Crippen molar-refractivity contribution >= 4 is 11.8 Å². The molecule has 7 heteroatoms. The third-order valence-electron chi connectivity index (χ3n) is 8.13. The van der Waals surface area contributed by atoms with Crippen molar-refractivity contribution in [3.63, 3.8) is 0 Å². The third kappa shape index (κ3) is 4.61. The Hall–Kier alpha value is -2.02. The minimum Gasteiger partial charge on any atom is -0.392 e. The smallest absolute Gasteiger partial charge is 0.254 e. The van der Waals surface area contributed by atoms with Gasteiger partial charge in [0.1, 0.15) is 6.33 Å². The van der Waals surface area contributed by atoms with E-state index in [9.17, 15) is 14.7 Å². The van der Waals surface area contributed by atoms with Crippen LogP contribution in [0.15, 0.2) is 18.7 Å². The molecular formula is C24H38N4O3. The second-order valence-electron chi connectivity index (χ2n) is 9.78. The van der Waals surface area contributed by atoms with Gasteiger partial charge in [-0.15, -0.1) is 0 Å². The predicted octanol–water partition coefficient (Wildman–Crippen LogP) is 2.90. The average molecular weight is 431 g/mol. The number of hydrogen-bond acceptors (Lipinski definition) is 5. The minimum atomic E-state index is -0.553. The molecule has 7 nitrogen and oxygen atoms in total. The van der Waals surface area contributed by atoms with Crippen molar-refractivity contribution < 1.29 is 14.7 Å². The molecule has 1 aromatic heterocycles. The highest BCUT2D eigenvalue weighted by atomic mass is 16.3. The topological polar surface area (TPSA) is 95.4 Å². The molecule has 2 saturated carbocycles. The van der Waals surface area contributed by atoms with Crippen molar-refractivity contribution in [2.45, 2.75) is 72.4 Å². The maximum absolute atomic E-state index is 13.0. The summed E-state index contributed by atoms with van der Waals surface area (Å²) in [4.78, 5) is 35.4. The van der Waals surface area contributed by atoms with Crippen LogP contribution in [-0.2, 0) is 4.79 Å². The molecule has 0 saturated heterocycles. The molecule has 1 aromatic rings. The summed E-state index contributed by atoms with van der Waals surface area (Å²) in [5, 5.41) is 14.7. The fourth-order valence-electron chi connectivity index (χ4n) is 6.17. The zero-order valence-electron chi connectivity index (χ0n) is 19.5. The number of hydrogen-bond donors (Lipinski definition) is 2. The van der Waals surface area contributed by atoms with E-state index in [1.807, 2.05) is 25.7 Å². The summed E-state index contributed by atoms with van der Waals surface area (Å²) in [6, 6.07) is -0.0204. The van der Waals surface area contributed by atoms with E-state index in [1.54, 1.807) is 0 Å². The monoisotopic (exact) mass is 430 g/mol. The van der Waals surface area contributed by atoms with Crippen LogP contribution in [0.25, 0.3) is 0 Å². The van der Waals surface area contributed by atoms with Crippen LogP contribution in [0.4, 0.5) is 0 Å². The molecule has 2 N–H and O–H groups in total. The summed E-state index contributed by atoms with van der Waals surface area (Å²) in [7, 11) is 0. The maximum atomic E-state index is 13.0. The Bertz CT molecular complexity index is 769. The molecule has 2 fully saturated rings. The van der Waals surface area contributed by atoms with E-state index in [4.69, 9.17) is 0 Å². The maximum Gasteiger partial charge on any atom is 0.254 e. The van der Waals surface area contributed by atoms with E-state index in [1.165, 1.54) is 18.7 Å². The molecule has 0 radical (unpaired) electrons. The van der Waals surface area contributed by atoms with Gasteiger partial charge in [0.15, 0.2) is 0 Å². The Labute approximate surface area is 186 Å². The number of amides is 2. The van der Waals surface area contributed by atoms with E-state index in [0.29, 0.717) is 18.7 Å². The number of aliphatic hydroxyl groups excluding tert-OH is 1. The Morgan fingerprint density at radius 3 is 2.45 bits per heavy atom. The Morgan fingerprint density at radius 2 is 1.84 bits per heavy atom. The minimum absolute atomic E-state index is 0.0204. The zero-order valence-corrected chi connectivity index (χ0v) is 19.5. The van der Waals surface area contributed by atoms with Gasteiger partial charge in [0.25, 0.3) is 5.91 Å². The van der Waals surface area contributed by atoms with Gasteiger partial charge < -0.3 is 15.3 Å². The Balaban J connectivity index is 1.75. The van der Waals surface area contributed by atoms with Gasteiger partial charge in [-0.25, -0.2) is 9.97 Å². The lowest BCUT2D eigenvalue weighted by Gasteiger charge is -2.56. The van der Waals surface area contributed by atoms with Crippen LogP contribution in [0.2, 0.25) is 0 Å². The van der Waals surface area contributed by atoms with Crippen LogP contribution in [-0.4, -0.2) is 57.0 Å². The number of carbonyl (C=O) groups excluding carboxylic acids is 2. The van der Waals surface area contributed by atoms with Crippen molar-refractivity contribution in [1.82, 2.24) is 20.2 Å². The summed E-state index contributed by atoms with van der Waals surface area (Å²) in [6.07, 6.45) is 7.62. The lowest BCUT2D eigenvalue weighted by Crippen LogP contribution is -2.58. The molecule has 7 atom stereocenters. The largest absolute Gasteiger partial charge is 0.392 e. The molecule has 3 rings (SSSR count). The standard InChI is InChI=1S/C24H38N4O3/c1-6-28(7-2)23(31)15(3)18-8-10-24(5)11-9-19(16(4)20(24)21(18)29)27-22(30)17-12-25-14-26-13-17/h12-16,18-21,29H,6-11H2,1-5H3,(H,27,30)/t15-,16+,18-,19-,20+,21-,24+/m0/s1. The Morgan fingerprint density at radius 1 is 1.23 bits per heavy atom. The highest BCUT2D eigenvalue weighted by Crippen LogP contribution is 2.55. The van der Waals surface area contributed by atoms with E-state index < -0.39 is 6.10 Å². The lowest BCUT2D eigenvalue weighted by molar-refractivity contribution is -0.149. The first-order valence-electron chi connectivity index (χ1n) is 11.8. The van der Waals surface area contributed by atoms with Crippen LogP contribution in [0.1, 0.15) is 70.7 Å². The number of nitrogens with one attached hydrogen (secondary N) is 1. The molecule has 0 unspecified atom stereocenters. The third-order valence-corrected chi connectivity index (χ3v) is 8.13. The van der Waals surface area contributed by atoms with Crippen molar-refractivity contribution in [2.24, 2.45) is 29.1 Å². The average Bonchev–Trinajstić information content (AvgIpc) is 2.76. The number of aromatic nitrogens is 2. The summed E-state index contributed by atoms with van der Waals surface area (Å²) in [5.41, 5.74) is 0.480. The van der Waals surface area contributed by atoms with E-state index >= 15 is 0 Å². The van der Waals surface area contributed by atoms with Crippen molar-refractivity contribution in [1.29, 1.82) is 0 Å². The summed E-state index contributed by atoms with van der Waals surface area (Å²) < 4.78 is 0. The van der Waals surface area contributed by atoms with Gasteiger partial charge in [0, 0.05) is 37.4 Å². The van der Waals surface area contributed by atoms with Crippen LogP contribution in [0.5, 0.6) is 0 Å². The van der Waals surface area contributed by atoms with Gasteiger partial charge in [-0.1, -0.05) is 20.8 Å². The van der Waals surface area contributed by atoms with Crippen molar-refractivity contribution in [3.05, 3.63) is 24.3 Å². The van der Waals surface area contributed by atoms with Gasteiger partial charge in [0.2, 0.25) is 5.91 Å². The first-order valence-corrected chi connectivity index (χ1v) is 11.8. The molecule has 31 heavy (non-hydrogen) atoms. The van der Waals surface area contributed by atoms with Crippen molar-refractivity contribution in [2.75, 3.05) is 13.1 Å². The molecule has 2 amide bonds. The van der Waals surface area contributed by atoms with Crippen LogP contribution >= 0.6 is 0 Å². The molecule has 0 bridgehead atoms. The molecule has 0 aromatic carbocycles. The molecular weight excluding hydrogens is 392 g/mol. The van der Waals surface area contributed by atoms with Gasteiger partial charge in [-0.05, 0) is 62.7 Å². The number of fused-ring (bicyclic) bond motifs is 1. The van der Waals surface area contributed by atoms with E-state index in [0.717, 1.165) is 25.7 Å². The fraction of sp³-hybridized carbons (Fsp3) is 0.750. The Kier molecular flexibility index (Phi) is 7.35. The van der Waals surface area contributed by atoms with E-state index in [-0.39, 0.29) is 46.9 Å². The molecule has 2 aliphatic carbocycles. The van der Waals surface area contributed by atoms with Crippen LogP contribution in [0, 0.1) is 29.1 Å². The van der Waals surface area contributed by atoms with Gasteiger partial charge in [-0.3, -0.25) is 9.59 Å². The molecule has 172 valence electrons.